The van der Waals surface area contributed by atoms with Gasteiger partial charge in [-0.25, -0.2) is 0 Å². The van der Waals surface area contributed by atoms with E-state index in [0.29, 0.717) is 12.3 Å². The Bertz CT molecular complexity index is 266. The second-order valence-corrected chi connectivity index (χ2v) is 3.19. The molecule has 1 rings (SSSR count). The van der Waals surface area contributed by atoms with Crippen LogP contribution >= 0.6 is 12.4 Å². The Morgan fingerprint density at radius 1 is 1.29 bits per heavy atom. The molecule has 4 heteroatoms. The van der Waals surface area contributed by atoms with E-state index < -0.39 is 0 Å². The van der Waals surface area contributed by atoms with Gasteiger partial charge in [0, 0.05) is 6.54 Å². The predicted molar refractivity (Wildman–Crippen MR) is 62.2 cm³/mol. The second-order valence-electron chi connectivity index (χ2n) is 3.19. The SMILES string of the molecule is CN(C)CCOc1ccccc1N.Cl. The smallest absolute Gasteiger partial charge is 0.142 e. The first-order chi connectivity index (χ1) is 6.20. The van der Waals surface area contributed by atoms with E-state index >= 15 is 0 Å². The number of benzene rings is 1. The summed E-state index contributed by atoms with van der Waals surface area (Å²) in [6.07, 6.45) is 0. The Morgan fingerprint density at radius 3 is 2.50 bits per heavy atom. The minimum absolute atomic E-state index is 0. The third-order valence-electron chi connectivity index (χ3n) is 1.72. The molecule has 0 amide bonds. The summed E-state index contributed by atoms with van der Waals surface area (Å²) >= 11 is 0. The highest BCUT2D eigenvalue weighted by atomic mass is 35.5. The van der Waals surface area contributed by atoms with Gasteiger partial charge in [-0.15, -0.1) is 12.4 Å². The molecule has 1 aromatic carbocycles. The van der Waals surface area contributed by atoms with Crippen molar-refractivity contribution < 1.29 is 4.74 Å². The highest BCUT2D eigenvalue weighted by molar-refractivity contribution is 5.85. The van der Waals surface area contributed by atoms with Gasteiger partial charge < -0.3 is 15.4 Å². The van der Waals surface area contributed by atoms with Crippen LogP contribution in [0.25, 0.3) is 0 Å². The van der Waals surface area contributed by atoms with Crippen LogP contribution in [0.3, 0.4) is 0 Å². The number of nitrogen functional groups attached to an aromatic ring is 1. The molecule has 0 aliphatic rings. The Balaban J connectivity index is 0.00000169. The van der Waals surface area contributed by atoms with Gasteiger partial charge in [0.15, 0.2) is 0 Å². The van der Waals surface area contributed by atoms with Crippen molar-refractivity contribution >= 4 is 18.1 Å². The third-order valence-corrected chi connectivity index (χ3v) is 1.72. The molecule has 0 aliphatic carbocycles. The lowest BCUT2D eigenvalue weighted by molar-refractivity contribution is 0.262. The van der Waals surface area contributed by atoms with Crippen molar-refractivity contribution in [1.29, 1.82) is 0 Å². The van der Waals surface area contributed by atoms with Crippen molar-refractivity contribution in [3.8, 4) is 5.75 Å². The zero-order chi connectivity index (χ0) is 9.68. The molecule has 0 fully saturated rings. The van der Waals surface area contributed by atoms with Crippen molar-refractivity contribution in [2.45, 2.75) is 0 Å². The van der Waals surface area contributed by atoms with E-state index in [2.05, 4.69) is 4.90 Å². The van der Waals surface area contributed by atoms with E-state index in [9.17, 15) is 0 Å². The van der Waals surface area contributed by atoms with Crippen LogP contribution in [0.5, 0.6) is 5.75 Å². The van der Waals surface area contributed by atoms with Gasteiger partial charge in [-0.1, -0.05) is 12.1 Å². The Hall–Kier alpha value is -0.930. The molecule has 14 heavy (non-hydrogen) atoms. The molecular formula is C10H17ClN2O. The molecule has 0 bridgehead atoms. The molecule has 1 aromatic rings. The van der Waals surface area contributed by atoms with Crippen molar-refractivity contribution in [2.75, 3.05) is 33.0 Å². The summed E-state index contributed by atoms with van der Waals surface area (Å²) in [5.41, 5.74) is 6.39. The summed E-state index contributed by atoms with van der Waals surface area (Å²) in [7, 11) is 4.02. The van der Waals surface area contributed by atoms with Crippen LogP contribution in [-0.2, 0) is 0 Å². The molecule has 0 saturated carbocycles. The van der Waals surface area contributed by atoms with Gasteiger partial charge in [-0.2, -0.15) is 0 Å². The summed E-state index contributed by atoms with van der Waals surface area (Å²) in [6, 6.07) is 7.53. The van der Waals surface area contributed by atoms with Gasteiger partial charge in [0.05, 0.1) is 5.69 Å². The fraction of sp³-hybridized carbons (Fsp3) is 0.400. The van der Waals surface area contributed by atoms with Crippen molar-refractivity contribution in [2.24, 2.45) is 0 Å². The Morgan fingerprint density at radius 2 is 1.93 bits per heavy atom. The van der Waals surface area contributed by atoms with Crippen LogP contribution in [0.2, 0.25) is 0 Å². The lowest BCUT2D eigenvalue weighted by Gasteiger charge is -2.11. The zero-order valence-electron chi connectivity index (χ0n) is 8.56. The number of ether oxygens (including phenoxy) is 1. The topological polar surface area (TPSA) is 38.5 Å². The summed E-state index contributed by atoms with van der Waals surface area (Å²) in [5.74, 6) is 0.768. The average Bonchev–Trinajstić information content (AvgIpc) is 2.08. The van der Waals surface area contributed by atoms with Crippen LogP contribution in [0.15, 0.2) is 24.3 Å². The fourth-order valence-electron chi connectivity index (χ4n) is 0.950. The van der Waals surface area contributed by atoms with Gasteiger partial charge >= 0.3 is 0 Å². The molecule has 3 nitrogen and oxygen atoms in total. The maximum Gasteiger partial charge on any atom is 0.142 e. The number of para-hydroxylation sites is 2. The number of halogens is 1. The molecule has 2 N–H and O–H groups in total. The van der Waals surface area contributed by atoms with E-state index in [0.717, 1.165) is 12.3 Å². The molecule has 0 radical (unpaired) electrons. The van der Waals surface area contributed by atoms with Gasteiger partial charge in [0.25, 0.3) is 0 Å². The minimum Gasteiger partial charge on any atom is -0.490 e. The van der Waals surface area contributed by atoms with E-state index in [1.54, 1.807) is 0 Å². The lowest BCUT2D eigenvalue weighted by atomic mass is 10.3. The maximum atomic E-state index is 5.70. The van der Waals surface area contributed by atoms with Crippen molar-refractivity contribution in [3.63, 3.8) is 0 Å². The fourth-order valence-corrected chi connectivity index (χ4v) is 0.950. The molecule has 0 aromatic heterocycles. The molecule has 80 valence electrons. The van der Waals surface area contributed by atoms with Gasteiger partial charge in [-0.05, 0) is 26.2 Å². The first-order valence-corrected chi connectivity index (χ1v) is 4.32. The molecule has 0 heterocycles. The largest absolute Gasteiger partial charge is 0.490 e. The maximum absolute atomic E-state index is 5.70. The summed E-state index contributed by atoms with van der Waals surface area (Å²) in [6.45, 7) is 1.57. The van der Waals surface area contributed by atoms with Gasteiger partial charge in [0.2, 0.25) is 0 Å². The quantitative estimate of drug-likeness (QED) is 0.778. The number of nitrogens with zero attached hydrogens (tertiary/aromatic N) is 1. The summed E-state index contributed by atoms with van der Waals surface area (Å²) in [4.78, 5) is 2.07. The molecule has 0 aliphatic heterocycles. The first kappa shape index (κ1) is 13.1. The normalized spacial score (nSPS) is 9.64. The van der Waals surface area contributed by atoms with Crippen LogP contribution in [-0.4, -0.2) is 32.1 Å². The first-order valence-electron chi connectivity index (χ1n) is 4.32. The third kappa shape index (κ3) is 4.35. The van der Waals surface area contributed by atoms with Crippen LogP contribution in [0.4, 0.5) is 5.69 Å². The number of hydrogen-bond acceptors (Lipinski definition) is 3. The van der Waals surface area contributed by atoms with Gasteiger partial charge in [-0.3, -0.25) is 0 Å². The number of hydrogen-bond donors (Lipinski definition) is 1. The number of nitrogens with two attached hydrogens (primary N) is 1. The second kappa shape index (κ2) is 6.51. The summed E-state index contributed by atoms with van der Waals surface area (Å²) in [5, 5.41) is 0. The molecular weight excluding hydrogens is 200 g/mol. The summed E-state index contributed by atoms with van der Waals surface area (Å²) < 4.78 is 5.48. The van der Waals surface area contributed by atoms with E-state index in [-0.39, 0.29) is 12.4 Å². The highest BCUT2D eigenvalue weighted by Gasteiger charge is 1.97. The van der Waals surface area contributed by atoms with Crippen LogP contribution in [0, 0.1) is 0 Å². The Labute approximate surface area is 91.3 Å². The molecule has 0 saturated heterocycles. The van der Waals surface area contributed by atoms with Gasteiger partial charge in [0.1, 0.15) is 12.4 Å². The standard InChI is InChI=1S/C10H16N2O.ClH/c1-12(2)7-8-13-10-6-4-3-5-9(10)11;/h3-6H,7-8,11H2,1-2H3;1H. The number of anilines is 1. The van der Waals surface area contributed by atoms with E-state index in [1.807, 2.05) is 38.4 Å². The lowest BCUT2D eigenvalue weighted by Crippen LogP contribution is -2.19. The van der Waals surface area contributed by atoms with Crippen LogP contribution < -0.4 is 10.5 Å². The predicted octanol–water partition coefficient (Wildman–Crippen LogP) is 1.63. The van der Waals surface area contributed by atoms with E-state index in [1.165, 1.54) is 0 Å². The number of likely N-dealkylation sites (N-methyl/N-ethyl adjacent to an activating group) is 1. The average molecular weight is 217 g/mol. The van der Waals surface area contributed by atoms with E-state index in [4.69, 9.17) is 10.5 Å². The molecule has 0 unspecified atom stereocenters. The minimum atomic E-state index is 0. The molecule has 0 spiro atoms. The zero-order valence-corrected chi connectivity index (χ0v) is 9.38. The monoisotopic (exact) mass is 216 g/mol. The Kier molecular flexibility index (Phi) is 6.08. The highest BCUT2D eigenvalue weighted by Crippen LogP contribution is 2.19. The van der Waals surface area contributed by atoms with Crippen molar-refractivity contribution in [3.05, 3.63) is 24.3 Å². The number of rotatable bonds is 4. The van der Waals surface area contributed by atoms with Crippen LogP contribution in [0.1, 0.15) is 0 Å². The van der Waals surface area contributed by atoms with Crippen molar-refractivity contribution in [1.82, 2.24) is 4.90 Å². The molecule has 0 atom stereocenters.